The van der Waals surface area contributed by atoms with Crippen LogP contribution in [0.2, 0.25) is 0 Å². The fourth-order valence-corrected chi connectivity index (χ4v) is 3.50. The molecule has 0 bridgehead atoms. The summed E-state index contributed by atoms with van der Waals surface area (Å²) in [6.45, 7) is 0. The van der Waals surface area contributed by atoms with Crippen molar-refractivity contribution in [2.45, 2.75) is 75.6 Å². The molecule has 98 valence electrons. The smallest absolute Gasteiger partial charge is 0.238 e. The minimum absolute atomic E-state index is 0.0733. The number of alkyl halides is 1. The van der Waals surface area contributed by atoms with Gasteiger partial charge in [-0.1, -0.05) is 44.9 Å². The van der Waals surface area contributed by atoms with Crippen molar-refractivity contribution in [2.24, 2.45) is 5.92 Å². The first-order chi connectivity index (χ1) is 8.25. The third kappa shape index (κ3) is 4.17. The molecule has 2 saturated carbocycles. The summed E-state index contributed by atoms with van der Waals surface area (Å²) >= 11 is 6.23. The van der Waals surface area contributed by atoms with Crippen molar-refractivity contribution in [3.63, 3.8) is 0 Å². The Hall–Kier alpha value is -0.240. The summed E-state index contributed by atoms with van der Waals surface area (Å²) < 4.78 is 0. The molecule has 2 aliphatic carbocycles. The lowest BCUT2D eigenvalue weighted by atomic mass is 9.86. The van der Waals surface area contributed by atoms with Crippen molar-refractivity contribution in [1.29, 1.82) is 0 Å². The maximum atomic E-state index is 11.9. The van der Waals surface area contributed by atoms with E-state index in [4.69, 9.17) is 11.6 Å². The molecule has 0 aliphatic heterocycles. The van der Waals surface area contributed by atoms with Gasteiger partial charge in [0.05, 0.1) is 0 Å². The number of nitrogens with one attached hydrogen (secondary N) is 1. The number of halogens is 1. The molecule has 0 spiro atoms. The number of hydrogen-bond donors (Lipinski definition) is 1. The Balaban J connectivity index is 1.70. The monoisotopic (exact) mass is 257 g/mol. The summed E-state index contributed by atoms with van der Waals surface area (Å²) in [5.74, 6) is 0.754. The summed E-state index contributed by atoms with van der Waals surface area (Å²) in [5.41, 5.74) is 0. The first-order valence-corrected chi connectivity index (χ1v) is 7.64. The van der Waals surface area contributed by atoms with E-state index in [9.17, 15) is 4.79 Å². The first-order valence-electron chi connectivity index (χ1n) is 7.20. The van der Waals surface area contributed by atoms with Crippen molar-refractivity contribution >= 4 is 17.5 Å². The Bertz CT molecular complexity index is 245. The van der Waals surface area contributed by atoms with E-state index in [-0.39, 0.29) is 11.3 Å². The van der Waals surface area contributed by atoms with Gasteiger partial charge in [0.25, 0.3) is 0 Å². The summed E-state index contributed by atoms with van der Waals surface area (Å²) in [6, 6.07) is 0.398. The highest BCUT2D eigenvalue weighted by molar-refractivity contribution is 6.30. The van der Waals surface area contributed by atoms with E-state index in [1.807, 2.05) is 0 Å². The van der Waals surface area contributed by atoms with Gasteiger partial charge in [0.15, 0.2) is 0 Å². The molecule has 0 saturated heterocycles. The van der Waals surface area contributed by atoms with Crippen LogP contribution < -0.4 is 5.32 Å². The molecule has 0 heterocycles. The minimum Gasteiger partial charge on any atom is -0.352 e. The highest BCUT2D eigenvalue weighted by atomic mass is 35.5. The molecule has 2 aliphatic rings. The van der Waals surface area contributed by atoms with Gasteiger partial charge in [-0.05, 0) is 25.2 Å². The fourth-order valence-electron chi connectivity index (χ4n) is 3.18. The van der Waals surface area contributed by atoms with E-state index in [0.717, 1.165) is 19.3 Å². The Labute approximate surface area is 109 Å². The van der Waals surface area contributed by atoms with Crippen molar-refractivity contribution in [1.82, 2.24) is 5.32 Å². The van der Waals surface area contributed by atoms with Crippen molar-refractivity contribution in [2.75, 3.05) is 0 Å². The average molecular weight is 258 g/mol. The van der Waals surface area contributed by atoms with E-state index in [0.29, 0.717) is 12.0 Å². The van der Waals surface area contributed by atoms with Gasteiger partial charge in [0.1, 0.15) is 5.38 Å². The van der Waals surface area contributed by atoms with Gasteiger partial charge >= 0.3 is 0 Å². The third-order valence-electron chi connectivity index (χ3n) is 4.25. The predicted octanol–water partition coefficient (Wildman–Crippen LogP) is 3.62. The molecule has 0 radical (unpaired) electrons. The van der Waals surface area contributed by atoms with Gasteiger partial charge in [0.2, 0.25) is 5.91 Å². The summed E-state index contributed by atoms with van der Waals surface area (Å²) in [4.78, 5) is 11.9. The summed E-state index contributed by atoms with van der Waals surface area (Å²) in [7, 11) is 0. The van der Waals surface area contributed by atoms with Gasteiger partial charge in [-0.2, -0.15) is 0 Å². The fraction of sp³-hybridized carbons (Fsp3) is 0.929. The second kappa shape index (κ2) is 6.63. The Morgan fingerprint density at radius 2 is 1.65 bits per heavy atom. The van der Waals surface area contributed by atoms with E-state index < -0.39 is 0 Å². The number of hydrogen-bond acceptors (Lipinski definition) is 1. The van der Waals surface area contributed by atoms with Crippen LogP contribution in [-0.2, 0) is 4.79 Å². The van der Waals surface area contributed by atoms with Crippen LogP contribution in [0.5, 0.6) is 0 Å². The molecule has 2 rings (SSSR count). The van der Waals surface area contributed by atoms with Crippen molar-refractivity contribution in [3.05, 3.63) is 0 Å². The molecule has 2 fully saturated rings. The molecule has 0 aromatic heterocycles. The van der Waals surface area contributed by atoms with Crippen LogP contribution in [0.15, 0.2) is 0 Å². The van der Waals surface area contributed by atoms with Crippen LogP contribution in [-0.4, -0.2) is 17.3 Å². The second-order valence-corrected chi connectivity index (χ2v) is 6.22. The number of carbonyl (C=O) groups excluding carboxylic acids is 1. The lowest BCUT2D eigenvalue weighted by Crippen LogP contribution is -2.38. The maximum Gasteiger partial charge on any atom is 0.238 e. The van der Waals surface area contributed by atoms with Crippen LogP contribution in [0.1, 0.15) is 64.2 Å². The van der Waals surface area contributed by atoms with Crippen LogP contribution in [0.3, 0.4) is 0 Å². The lowest BCUT2D eigenvalue weighted by Gasteiger charge is -2.24. The molecule has 1 N–H and O–H groups in total. The van der Waals surface area contributed by atoms with Gasteiger partial charge in [-0.25, -0.2) is 0 Å². The van der Waals surface area contributed by atoms with Gasteiger partial charge in [-0.3, -0.25) is 4.79 Å². The van der Waals surface area contributed by atoms with E-state index >= 15 is 0 Å². The lowest BCUT2D eigenvalue weighted by molar-refractivity contribution is -0.121. The molecular formula is C14H24ClNO. The Kier molecular flexibility index (Phi) is 5.15. The SMILES string of the molecule is O=C(NC1CCCC1)C(Cl)CC1CCCCC1. The highest BCUT2D eigenvalue weighted by Gasteiger charge is 2.25. The van der Waals surface area contributed by atoms with Gasteiger partial charge in [-0.15, -0.1) is 11.6 Å². The molecule has 0 aromatic rings. The predicted molar refractivity (Wildman–Crippen MR) is 71.2 cm³/mol. The van der Waals surface area contributed by atoms with E-state index in [1.54, 1.807) is 0 Å². The summed E-state index contributed by atoms with van der Waals surface area (Å²) in [5, 5.41) is 2.79. The van der Waals surface area contributed by atoms with Crippen LogP contribution in [0, 0.1) is 5.92 Å². The highest BCUT2D eigenvalue weighted by Crippen LogP contribution is 2.29. The minimum atomic E-state index is -0.307. The maximum absolute atomic E-state index is 11.9. The molecule has 2 nitrogen and oxygen atoms in total. The standard InChI is InChI=1S/C14H24ClNO/c15-13(10-11-6-2-1-3-7-11)14(17)16-12-8-4-5-9-12/h11-13H,1-10H2,(H,16,17). The molecule has 17 heavy (non-hydrogen) atoms. The van der Waals surface area contributed by atoms with Crippen LogP contribution in [0.25, 0.3) is 0 Å². The number of amides is 1. The normalized spacial score (nSPS) is 24.8. The zero-order chi connectivity index (χ0) is 12.1. The summed E-state index contributed by atoms with van der Waals surface area (Å²) in [6.07, 6.45) is 12.2. The topological polar surface area (TPSA) is 29.1 Å². The second-order valence-electron chi connectivity index (χ2n) is 5.70. The van der Waals surface area contributed by atoms with Gasteiger partial charge < -0.3 is 5.32 Å². The zero-order valence-corrected chi connectivity index (χ0v) is 11.3. The molecule has 1 atom stereocenters. The quantitative estimate of drug-likeness (QED) is 0.766. The zero-order valence-electron chi connectivity index (χ0n) is 10.6. The molecule has 1 unspecified atom stereocenters. The van der Waals surface area contributed by atoms with Gasteiger partial charge in [0, 0.05) is 6.04 Å². The van der Waals surface area contributed by atoms with Crippen LogP contribution >= 0.6 is 11.6 Å². The van der Waals surface area contributed by atoms with Crippen molar-refractivity contribution in [3.8, 4) is 0 Å². The third-order valence-corrected chi connectivity index (χ3v) is 4.63. The van der Waals surface area contributed by atoms with Crippen LogP contribution in [0.4, 0.5) is 0 Å². The van der Waals surface area contributed by atoms with E-state index in [2.05, 4.69) is 5.32 Å². The average Bonchev–Trinajstić information content (AvgIpc) is 2.83. The molecule has 1 amide bonds. The largest absolute Gasteiger partial charge is 0.352 e. The number of carbonyl (C=O) groups is 1. The van der Waals surface area contributed by atoms with Crippen molar-refractivity contribution < 1.29 is 4.79 Å². The molecule has 0 aromatic carbocycles. The number of rotatable bonds is 4. The molecular weight excluding hydrogens is 234 g/mol. The van der Waals surface area contributed by atoms with E-state index in [1.165, 1.54) is 44.9 Å². The molecule has 3 heteroatoms. The first kappa shape index (κ1) is 13.2. The Morgan fingerprint density at radius 3 is 2.29 bits per heavy atom. The Morgan fingerprint density at radius 1 is 1.06 bits per heavy atom.